The molecule has 0 radical (unpaired) electrons. The first-order valence-corrected chi connectivity index (χ1v) is 6.57. The van der Waals surface area contributed by atoms with E-state index in [1.165, 1.54) is 12.2 Å². The second kappa shape index (κ2) is 4.53. The van der Waals surface area contributed by atoms with Gasteiger partial charge in [0.2, 0.25) is 5.91 Å². The molecule has 1 N–H and O–H groups in total. The molecular weight excluding hydrogens is 196 g/mol. The Morgan fingerprint density at radius 1 is 1.57 bits per heavy atom. The lowest BCUT2D eigenvalue weighted by Crippen LogP contribution is -2.54. The molecule has 2 saturated heterocycles. The topological polar surface area (TPSA) is 32.3 Å². The van der Waals surface area contributed by atoms with Crippen LogP contribution in [0.2, 0.25) is 0 Å². The minimum Gasteiger partial charge on any atom is -0.339 e. The zero-order chi connectivity index (χ0) is 9.97. The van der Waals surface area contributed by atoms with Crippen LogP contribution < -0.4 is 5.32 Å². The van der Waals surface area contributed by atoms with Gasteiger partial charge in [0.25, 0.3) is 0 Å². The predicted octanol–water partition coefficient (Wildman–Crippen LogP) is 0.560. The van der Waals surface area contributed by atoms with E-state index in [1.54, 1.807) is 0 Å². The molecule has 80 valence electrons. The summed E-state index contributed by atoms with van der Waals surface area (Å²) in [6.07, 6.45) is 1.18. The molecule has 0 bridgehead atoms. The average molecular weight is 214 g/mol. The highest BCUT2D eigenvalue weighted by molar-refractivity contribution is 7.99. The molecule has 0 aromatic rings. The largest absolute Gasteiger partial charge is 0.339 e. The fourth-order valence-corrected chi connectivity index (χ4v) is 3.28. The molecule has 0 aromatic carbocycles. The smallest absolute Gasteiger partial charge is 0.228 e. The Morgan fingerprint density at radius 2 is 2.36 bits per heavy atom. The van der Waals surface area contributed by atoms with Gasteiger partial charge in [0.05, 0.1) is 5.92 Å². The summed E-state index contributed by atoms with van der Waals surface area (Å²) >= 11 is 1.97. The van der Waals surface area contributed by atoms with Gasteiger partial charge >= 0.3 is 0 Å². The Balaban J connectivity index is 1.93. The van der Waals surface area contributed by atoms with Crippen molar-refractivity contribution in [3.8, 4) is 0 Å². The summed E-state index contributed by atoms with van der Waals surface area (Å²) in [4.78, 5) is 14.1. The summed E-state index contributed by atoms with van der Waals surface area (Å²) in [6, 6.07) is 0.512. The first-order valence-electron chi connectivity index (χ1n) is 5.42. The van der Waals surface area contributed by atoms with Crippen LogP contribution in [0, 0.1) is 5.92 Å². The van der Waals surface area contributed by atoms with Gasteiger partial charge in [0.1, 0.15) is 0 Å². The summed E-state index contributed by atoms with van der Waals surface area (Å²) in [7, 11) is 0. The first-order chi connectivity index (χ1) is 6.83. The van der Waals surface area contributed by atoms with Gasteiger partial charge in [0.15, 0.2) is 0 Å². The number of hydrogen-bond acceptors (Lipinski definition) is 3. The summed E-state index contributed by atoms with van der Waals surface area (Å²) in [6.45, 7) is 4.73. The van der Waals surface area contributed by atoms with Gasteiger partial charge in [-0.3, -0.25) is 4.79 Å². The van der Waals surface area contributed by atoms with Crippen LogP contribution in [0.25, 0.3) is 0 Å². The quantitative estimate of drug-likeness (QED) is 0.745. The van der Waals surface area contributed by atoms with E-state index in [9.17, 15) is 4.79 Å². The second-order valence-electron chi connectivity index (χ2n) is 4.00. The van der Waals surface area contributed by atoms with E-state index in [4.69, 9.17) is 0 Å². The van der Waals surface area contributed by atoms with Crippen LogP contribution in [0.4, 0.5) is 0 Å². The molecule has 1 amide bonds. The third-order valence-electron chi connectivity index (χ3n) is 3.10. The summed E-state index contributed by atoms with van der Waals surface area (Å²) in [5.74, 6) is 3.00. The molecule has 0 saturated carbocycles. The first kappa shape index (κ1) is 10.3. The lowest BCUT2D eigenvalue weighted by molar-refractivity contribution is -0.138. The average Bonchev–Trinajstić information content (AvgIpc) is 2.55. The van der Waals surface area contributed by atoms with E-state index in [-0.39, 0.29) is 5.92 Å². The highest BCUT2D eigenvalue weighted by atomic mass is 32.2. The van der Waals surface area contributed by atoms with Gasteiger partial charge < -0.3 is 10.2 Å². The zero-order valence-electron chi connectivity index (χ0n) is 8.66. The van der Waals surface area contributed by atoms with Gasteiger partial charge in [-0.2, -0.15) is 11.8 Å². The Labute approximate surface area is 89.6 Å². The Kier molecular flexibility index (Phi) is 3.34. The van der Waals surface area contributed by atoms with Crippen LogP contribution in [-0.4, -0.2) is 48.0 Å². The summed E-state index contributed by atoms with van der Waals surface area (Å²) in [5.41, 5.74) is 0. The van der Waals surface area contributed by atoms with Crippen molar-refractivity contribution in [3.63, 3.8) is 0 Å². The molecule has 3 nitrogen and oxygen atoms in total. The van der Waals surface area contributed by atoms with Crippen molar-refractivity contribution in [2.24, 2.45) is 5.92 Å². The van der Waals surface area contributed by atoms with Crippen molar-refractivity contribution >= 4 is 17.7 Å². The molecule has 1 atom stereocenters. The SMILES string of the molecule is CCN(C(=O)C1CNC1)C1CCSC1. The highest BCUT2D eigenvalue weighted by Crippen LogP contribution is 2.24. The molecule has 2 fully saturated rings. The maximum atomic E-state index is 12.0. The molecule has 2 aliphatic rings. The molecule has 1 unspecified atom stereocenters. The monoisotopic (exact) mass is 214 g/mol. The summed E-state index contributed by atoms with van der Waals surface area (Å²) in [5, 5.41) is 3.16. The van der Waals surface area contributed by atoms with E-state index in [0.29, 0.717) is 11.9 Å². The summed E-state index contributed by atoms with van der Waals surface area (Å²) < 4.78 is 0. The molecule has 4 heteroatoms. The van der Waals surface area contributed by atoms with Crippen LogP contribution >= 0.6 is 11.8 Å². The van der Waals surface area contributed by atoms with Crippen LogP contribution in [0.15, 0.2) is 0 Å². The van der Waals surface area contributed by atoms with Crippen molar-refractivity contribution in [2.45, 2.75) is 19.4 Å². The normalized spacial score (nSPS) is 27.4. The number of carbonyl (C=O) groups excluding carboxylic acids is 1. The van der Waals surface area contributed by atoms with Crippen molar-refractivity contribution in [2.75, 3.05) is 31.1 Å². The lowest BCUT2D eigenvalue weighted by atomic mass is 10.0. The molecule has 14 heavy (non-hydrogen) atoms. The Hall–Kier alpha value is -0.220. The van der Waals surface area contributed by atoms with Crippen molar-refractivity contribution in [1.29, 1.82) is 0 Å². The number of nitrogens with zero attached hydrogens (tertiary/aromatic N) is 1. The Morgan fingerprint density at radius 3 is 2.79 bits per heavy atom. The lowest BCUT2D eigenvalue weighted by Gasteiger charge is -2.35. The van der Waals surface area contributed by atoms with Crippen molar-refractivity contribution in [1.82, 2.24) is 10.2 Å². The van der Waals surface area contributed by atoms with E-state index >= 15 is 0 Å². The number of thioether (sulfide) groups is 1. The maximum absolute atomic E-state index is 12.0. The van der Waals surface area contributed by atoms with Crippen LogP contribution in [-0.2, 0) is 4.79 Å². The third-order valence-corrected chi connectivity index (χ3v) is 4.25. The fraction of sp³-hybridized carbons (Fsp3) is 0.900. The molecule has 0 spiro atoms. The van der Waals surface area contributed by atoms with Gasteiger partial charge in [-0.1, -0.05) is 0 Å². The number of hydrogen-bond donors (Lipinski definition) is 1. The van der Waals surface area contributed by atoms with E-state index in [1.807, 2.05) is 11.8 Å². The maximum Gasteiger partial charge on any atom is 0.228 e. The van der Waals surface area contributed by atoms with Crippen LogP contribution in [0.3, 0.4) is 0 Å². The molecule has 2 heterocycles. The van der Waals surface area contributed by atoms with Gasteiger partial charge in [-0.25, -0.2) is 0 Å². The minimum atomic E-state index is 0.264. The molecule has 0 aliphatic carbocycles. The molecule has 2 rings (SSSR count). The van der Waals surface area contributed by atoms with E-state index in [0.717, 1.165) is 25.4 Å². The van der Waals surface area contributed by atoms with Crippen LogP contribution in [0.1, 0.15) is 13.3 Å². The van der Waals surface area contributed by atoms with Crippen LogP contribution in [0.5, 0.6) is 0 Å². The third kappa shape index (κ3) is 1.91. The number of nitrogens with one attached hydrogen (secondary N) is 1. The van der Waals surface area contributed by atoms with Gasteiger partial charge in [-0.15, -0.1) is 0 Å². The predicted molar refractivity (Wildman–Crippen MR) is 59.5 cm³/mol. The fourth-order valence-electron chi connectivity index (χ4n) is 2.06. The van der Waals surface area contributed by atoms with E-state index < -0.39 is 0 Å². The number of carbonyl (C=O) groups is 1. The zero-order valence-corrected chi connectivity index (χ0v) is 9.48. The Bertz CT molecular complexity index is 212. The number of rotatable bonds is 3. The second-order valence-corrected chi connectivity index (χ2v) is 5.15. The standard InChI is InChI=1S/C10H18N2OS/c1-2-12(9-3-4-14-7-9)10(13)8-5-11-6-8/h8-9,11H,2-7H2,1H3. The van der Waals surface area contributed by atoms with Crippen molar-refractivity contribution < 1.29 is 4.79 Å². The highest BCUT2D eigenvalue weighted by Gasteiger charge is 2.33. The van der Waals surface area contributed by atoms with Gasteiger partial charge in [-0.05, 0) is 19.1 Å². The number of amides is 1. The molecule has 0 aromatic heterocycles. The van der Waals surface area contributed by atoms with Gasteiger partial charge in [0, 0.05) is 31.4 Å². The molecule has 2 aliphatic heterocycles. The van der Waals surface area contributed by atoms with Crippen molar-refractivity contribution in [3.05, 3.63) is 0 Å². The van der Waals surface area contributed by atoms with E-state index in [2.05, 4.69) is 17.1 Å². The molecular formula is C10H18N2OS. The minimum absolute atomic E-state index is 0.264.